The highest BCUT2D eigenvalue weighted by molar-refractivity contribution is 5.94. The molecular weight excluding hydrogens is 406 g/mol. The summed E-state index contributed by atoms with van der Waals surface area (Å²) in [6.07, 6.45) is 2.04. The van der Waals surface area contributed by atoms with Gasteiger partial charge in [0.1, 0.15) is 5.75 Å². The molecule has 0 aliphatic carbocycles. The monoisotopic (exact) mass is 433 g/mol. The van der Waals surface area contributed by atoms with Gasteiger partial charge in [0, 0.05) is 63.4 Å². The first-order valence-electron chi connectivity index (χ1n) is 10.1. The first kappa shape index (κ1) is 22.1. The zero-order valence-corrected chi connectivity index (χ0v) is 18.0. The molecule has 9 heteroatoms. The lowest BCUT2D eigenvalue weighted by molar-refractivity contribution is -0.132. The molecule has 162 valence electrons. The lowest BCUT2D eigenvalue weighted by Crippen LogP contribution is -2.51. The van der Waals surface area contributed by atoms with Gasteiger partial charge >= 0.3 is 0 Å². The fourth-order valence-electron chi connectivity index (χ4n) is 3.91. The van der Waals surface area contributed by atoms with E-state index in [0.717, 1.165) is 35.5 Å². The number of halogens is 1. The van der Waals surface area contributed by atoms with Crippen molar-refractivity contribution in [3.8, 4) is 5.75 Å². The minimum Gasteiger partial charge on any atom is -0.497 e. The number of carbonyl (C=O) groups excluding carboxylic acids is 2. The van der Waals surface area contributed by atoms with Gasteiger partial charge in [-0.1, -0.05) is 12.1 Å². The van der Waals surface area contributed by atoms with E-state index < -0.39 is 0 Å². The van der Waals surface area contributed by atoms with Gasteiger partial charge in [0.2, 0.25) is 5.91 Å². The molecule has 0 saturated carbocycles. The maximum absolute atomic E-state index is 12.9. The second kappa shape index (κ2) is 9.95. The fraction of sp³-hybridized carbons (Fsp3) is 0.476. The molecule has 0 unspecified atom stereocenters. The second-order valence-corrected chi connectivity index (χ2v) is 7.48. The SMILES string of the molecule is COc1ccc(CCC(=O)N2CCN(C(=O)c3n[nH]c4c3CNCC4)CC2)cc1.Cl. The Morgan fingerprint density at radius 1 is 1.10 bits per heavy atom. The highest BCUT2D eigenvalue weighted by Gasteiger charge is 2.29. The van der Waals surface area contributed by atoms with Crippen LogP contribution in [0.5, 0.6) is 5.75 Å². The Hall–Kier alpha value is -2.58. The minimum atomic E-state index is -0.0449. The molecule has 1 saturated heterocycles. The predicted octanol–water partition coefficient (Wildman–Crippen LogP) is 1.40. The van der Waals surface area contributed by atoms with Crippen LogP contribution < -0.4 is 10.1 Å². The number of benzene rings is 1. The minimum absolute atomic E-state index is 0. The third-order valence-electron chi connectivity index (χ3n) is 5.72. The first-order chi connectivity index (χ1) is 14.2. The van der Waals surface area contributed by atoms with Crippen molar-refractivity contribution in [3.05, 3.63) is 46.8 Å². The first-order valence-corrected chi connectivity index (χ1v) is 10.1. The van der Waals surface area contributed by atoms with Crippen LogP contribution in [0.4, 0.5) is 0 Å². The molecule has 4 rings (SSSR count). The van der Waals surface area contributed by atoms with Crippen LogP contribution >= 0.6 is 12.4 Å². The van der Waals surface area contributed by atoms with E-state index in [2.05, 4.69) is 15.5 Å². The van der Waals surface area contributed by atoms with Crippen LogP contribution in [-0.2, 0) is 24.2 Å². The summed E-state index contributed by atoms with van der Waals surface area (Å²) in [6, 6.07) is 7.80. The van der Waals surface area contributed by atoms with Gasteiger partial charge < -0.3 is 19.9 Å². The fourth-order valence-corrected chi connectivity index (χ4v) is 3.91. The average Bonchev–Trinajstić information content (AvgIpc) is 3.21. The summed E-state index contributed by atoms with van der Waals surface area (Å²) in [5, 5.41) is 10.6. The number of piperazine rings is 1. The lowest BCUT2D eigenvalue weighted by Gasteiger charge is -2.34. The molecule has 1 aromatic heterocycles. The van der Waals surface area contributed by atoms with Gasteiger partial charge in [-0.2, -0.15) is 5.10 Å². The average molecular weight is 434 g/mol. The number of H-pyrrole nitrogens is 1. The van der Waals surface area contributed by atoms with Gasteiger partial charge in [-0.3, -0.25) is 14.7 Å². The molecular formula is C21H28ClN5O3. The Bertz CT molecular complexity index is 875. The van der Waals surface area contributed by atoms with Gasteiger partial charge in [0.25, 0.3) is 5.91 Å². The third kappa shape index (κ3) is 4.76. The van der Waals surface area contributed by atoms with E-state index in [-0.39, 0.29) is 24.2 Å². The van der Waals surface area contributed by atoms with Crippen LogP contribution in [0.1, 0.15) is 33.7 Å². The van der Waals surface area contributed by atoms with Crippen molar-refractivity contribution < 1.29 is 14.3 Å². The Morgan fingerprint density at radius 3 is 2.50 bits per heavy atom. The number of hydrogen-bond acceptors (Lipinski definition) is 5. The zero-order valence-electron chi connectivity index (χ0n) is 17.1. The van der Waals surface area contributed by atoms with Crippen LogP contribution in [0.15, 0.2) is 24.3 Å². The third-order valence-corrected chi connectivity index (χ3v) is 5.72. The normalized spacial score (nSPS) is 15.9. The number of rotatable bonds is 5. The maximum atomic E-state index is 12.9. The smallest absolute Gasteiger partial charge is 0.274 e. The molecule has 1 aromatic carbocycles. The molecule has 0 spiro atoms. The number of aryl methyl sites for hydroxylation is 1. The predicted molar refractivity (Wildman–Crippen MR) is 115 cm³/mol. The summed E-state index contributed by atoms with van der Waals surface area (Å²) in [5.74, 6) is 0.903. The van der Waals surface area contributed by atoms with E-state index in [4.69, 9.17) is 4.74 Å². The number of hydrogen-bond donors (Lipinski definition) is 2. The number of ether oxygens (including phenoxy) is 1. The molecule has 2 aliphatic rings. The van der Waals surface area contributed by atoms with Crippen LogP contribution in [0.2, 0.25) is 0 Å². The van der Waals surface area contributed by atoms with Crippen molar-refractivity contribution in [2.75, 3.05) is 39.8 Å². The van der Waals surface area contributed by atoms with Crippen molar-refractivity contribution in [1.29, 1.82) is 0 Å². The Kier molecular flexibility index (Phi) is 7.33. The molecule has 0 bridgehead atoms. The summed E-state index contributed by atoms with van der Waals surface area (Å²) in [6.45, 7) is 3.80. The summed E-state index contributed by atoms with van der Waals surface area (Å²) in [4.78, 5) is 29.1. The summed E-state index contributed by atoms with van der Waals surface area (Å²) < 4.78 is 5.16. The van der Waals surface area contributed by atoms with Crippen molar-refractivity contribution in [3.63, 3.8) is 0 Å². The number of fused-ring (bicyclic) bond motifs is 1. The summed E-state index contributed by atoms with van der Waals surface area (Å²) >= 11 is 0. The van der Waals surface area contributed by atoms with Crippen LogP contribution in [0, 0.1) is 0 Å². The molecule has 2 N–H and O–H groups in total. The van der Waals surface area contributed by atoms with Gasteiger partial charge in [0.15, 0.2) is 5.69 Å². The number of aromatic nitrogens is 2. The van der Waals surface area contributed by atoms with Crippen molar-refractivity contribution >= 4 is 24.2 Å². The second-order valence-electron chi connectivity index (χ2n) is 7.48. The molecule has 3 heterocycles. The van der Waals surface area contributed by atoms with Crippen LogP contribution in [0.25, 0.3) is 0 Å². The Labute approximate surface area is 182 Å². The maximum Gasteiger partial charge on any atom is 0.274 e. The van der Waals surface area contributed by atoms with Crippen molar-refractivity contribution in [1.82, 2.24) is 25.3 Å². The number of carbonyl (C=O) groups is 2. The molecule has 2 aliphatic heterocycles. The standard InChI is InChI=1S/C21H27N5O3.ClH/c1-29-16-5-2-15(3-6-16)4-7-19(27)25-10-12-26(13-11-25)21(28)20-17-14-22-9-8-18(17)23-24-20;/h2-3,5-6,22H,4,7-14H2,1H3,(H,23,24);1H. The Morgan fingerprint density at radius 2 is 1.80 bits per heavy atom. The van der Waals surface area contributed by atoms with Crippen LogP contribution in [0.3, 0.4) is 0 Å². The zero-order chi connectivity index (χ0) is 20.2. The Balaban J connectivity index is 0.00000256. The van der Waals surface area contributed by atoms with Gasteiger partial charge in [0.05, 0.1) is 7.11 Å². The van der Waals surface area contributed by atoms with E-state index in [9.17, 15) is 9.59 Å². The van der Waals surface area contributed by atoms with E-state index in [1.165, 1.54) is 0 Å². The molecule has 0 radical (unpaired) electrons. The van der Waals surface area contributed by atoms with E-state index in [0.29, 0.717) is 51.3 Å². The van der Waals surface area contributed by atoms with Gasteiger partial charge in [-0.15, -0.1) is 12.4 Å². The van der Waals surface area contributed by atoms with E-state index >= 15 is 0 Å². The van der Waals surface area contributed by atoms with Crippen molar-refractivity contribution in [2.45, 2.75) is 25.8 Å². The molecule has 2 amide bonds. The molecule has 30 heavy (non-hydrogen) atoms. The molecule has 8 nitrogen and oxygen atoms in total. The molecule has 1 fully saturated rings. The number of aromatic amines is 1. The summed E-state index contributed by atoms with van der Waals surface area (Å²) in [7, 11) is 1.64. The van der Waals surface area contributed by atoms with Crippen LogP contribution in [-0.4, -0.2) is 71.6 Å². The van der Waals surface area contributed by atoms with Crippen molar-refractivity contribution in [2.24, 2.45) is 0 Å². The highest BCUT2D eigenvalue weighted by atomic mass is 35.5. The largest absolute Gasteiger partial charge is 0.497 e. The molecule has 2 aromatic rings. The molecule has 0 atom stereocenters. The highest BCUT2D eigenvalue weighted by Crippen LogP contribution is 2.18. The topological polar surface area (TPSA) is 90.6 Å². The number of amides is 2. The number of nitrogens with one attached hydrogen (secondary N) is 2. The number of nitrogens with zero attached hydrogens (tertiary/aromatic N) is 3. The summed E-state index contributed by atoms with van der Waals surface area (Å²) in [5.41, 5.74) is 3.68. The lowest BCUT2D eigenvalue weighted by atomic mass is 10.1. The van der Waals surface area contributed by atoms with Gasteiger partial charge in [-0.05, 0) is 24.1 Å². The number of methoxy groups -OCH3 is 1. The van der Waals surface area contributed by atoms with E-state index in [1.54, 1.807) is 12.0 Å². The van der Waals surface area contributed by atoms with E-state index in [1.807, 2.05) is 29.2 Å². The quantitative estimate of drug-likeness (QED) is 0.743. The van der Waals surface area contributed by atoms with Gasteiger partial charge in [-0.25, -0.2) is 0 Å².